The van der Waals surface area contributed by atoms with E-state index in [0.717, 1.165) is 11.8 Å². The second kappa shape index (κ2) is 6.08. The highest BCUT2D eigenvalue weighted by atomic mass is 32.2. The molecule has 102 valence electrons. The van der Waals surface area contributed by atoms with Gasteiger partial charge in [-0.2, -0.15) is 11.8 Å². The number of thioether (sulfide) groups is 2. The minimum Gasteiger partial charge on any atom is -0.359 e. The Labute approximate surface area is 119 Å². The molecule has 2 aliphatic heterocycles. The predicted octanol–water partition coefficient (Wildman–Crippen LogP) is 3.67. The van der Waals surface area contributed by atoms with E-state index in [4.69, 9.17) is 4.99 Å². The van der Waals surface area contributed by atoms with Crippen molar-refractivity contribution in [2.75, 3.05) is 18.1 Å². The highest BCUT2D eigenvalue weighted by Gasteiger charge is 2.37. The Bertz CT molecular complexity index is 305. The predicted molar refractivity (Wildman–Crippen MR) is 83.8 cm³/mol. The molecule has 3 rings (SSSR count). The van der Waals surface area contributed by atoms with Gasteiger partial charge in [-0.05, 0) is 31.4 Å². The molecule has 0 radical (unpaired) electrons. The molecule has 2 saturated heterocycles. The van der Waals surface area contributed by atoms with Crippen molar-refractivity contribution in [1.29, 1.82) is 0 Å². The van der Waals surface area contributed by atoms with Crippen LogP contribution in [0.5, 0.6) is 0 Å². The quantitative estimate of drug-likeness (QED) is 0.837. The van der Waals surface area contributed by atoms with Gasteiger partial charge in [0.2, 0.25) is 0 Å². The van der Waals surface area contributed by atoms with E-state index in [1.54, 1.807) is 0 Å². The number of rotatable bonds is 2. The topological polar surface area (TPSA) is 24.4 Å². The molecule has 4 heteroatoms. The SMILES string of the molecule is C1CCC2(CC1)CSC(=NCC1CCCCS1)N2. The Hall–Kier alpha value is 0.170. The molecule has 1 unspecified atom stereocenters. The number of nitrogens with zero attached hydrogens (tertiary/aromatic N) is 1. The van der Waals surface area contributed by atoms with Crippen LogP contribution < -0.4 is 5.32 Å². The fraction of sp³-hybridized carbons (Fsp3) is 0.929. The maximum absolute atomic E-state index is 4.84. The zero-order chi connectivity index (χ0) is 12.3. The van der Waals surface area contributed by atoms with Crippen LogP contribution in [0.3, 0.4) is 0 Å². The molecule has 0 amide bonds. The van der Waals surface area contributed by atoms with Gasteiger partial charge in [-0.25, -0.2) is 0 Å². The largest absolute Gasteiger partial charge is 0.359 e. The van der Waals surface area contributed by atoms with Crippen molar-refractivity contribution in [2.24, 2.45) is 4.99 Å². The standard InChI is InChI=1S/C14H24N2S2/c1-3-7-14(8-4-1)11-18-13(16-14)15-10-12-6-2-5-9-17-12/h12H,1-11H2,(H,15,16). The minimum absolute atomic E-state index is 0.418. The third-order valence-electron chi connectivity index (χ3n) is 4.38. The molecule has 0 aromatic rings. The smallest absolute Gasteiger partial charge is 0.157 e. The van der Waals surface area contributed by atoms with Crippen molar-refractivity contribution in [3.8, 4) is 0 Å². The summed E-state index contributed by atoms with van der Waals surface area (Å²) in [6, 6.07) is 0. The van der Waals surface area contributed by atoms with E-state index in [0.29, 0.717) is 5.54 Å². The summed E-state index contributed by atoms with van der Waals surface area (Å²) in [6.45, 7) is 1.04. The van der Waals surface area contributed by atoms with Crippen LogP contribution in [0.4, 0.5) is 0 Å². The van der Waals surface area contributed by atoms with Crippen LogP contribution in [0, 0.1) is 0 Å². The fourth-order valence-corrected chi connectivity index (χ4v) is 5.67. The average Bonchev–Trinajstić information content (AvgIpc) is 2.82. The van der Waals surface area contributed by atoms with Crippen LogP contribution >= 0.6 is 23.5 Å². The summed E-state index contributed by atoms with van der Waals surface area (Å²) < 4.78 is 0. The molecule has 0 aromatic carbocycles. The molecular weight excluding hydrogens is 260 g/mol. The minimum atomic E-state index is 0.418. The summed E-state index contributed by atoms with van der Waals surface area (Å²) in [5.41, 5.74) is 0.418. The Morgan fingerprint density at radius 2 is 2.06 bits per heavy atom. The first-order valence-electron chi connectivity index (χ1n) is 7.43. The van der Waals surface area contributed by atoms with Crippen LogP contribution in [0.1, 0.15) is 51.4 Å². The molecule has 3 fully saturated rings. The van der Waals surface area contributed by atoms with E-state index in [1.165, 1.54) is 68.0 Å². The first kappa shape index (κ1) is 13.2. The normalized spacial score (nSPS) is 33.8. The number of amidine groups is 1. The third kappa shape index (κ3) is 3.19. The van der Waals surface area contributed by atoms with Crippen molar-refractivity contribution in [1.82, 2.24) is 5.32 Å². The monoisotopic (exact) mass is 284 g/mol. The zero-order valence-corrected chi connectivity index (χ0v) is 12.8. The molecule has 18 heavy (non-hydrogen) atoms. The van der Waals surface area contributed by atoms with Gasteiger partial charge in [0.1, 0.15) is 0 Å². The van der Waals surface area contributed by atoms with Crippen LogP contribution in [-0.4, -0.2) is 34.0 Å². The summed E-state index contributed by atoms with van der Waals surface area (Å²) in [6.07, 6.45) is 11.1. The number of hydrogen-bond acceptors (Lipinski definition) is 3. The fourth-order valence-electron chi connectivity index (χ4n) is 3.22. The number of hydrogen-bond donors (Lipinski definition) is 1. The van der Waals surface area contributed by atoms with E-state index >= 15 is 0 Å². The zero-order valence-electron chi connectivity index (χ0n) is 11.1. The lowest BCUT2D eigenvalue weighted by Crippen LogP contribution is -2.45. The van der Waals surface area contributed by atoms with Crippen LogP contribution in [-0.2, 0) is 0 Å². The maximum Gasteiger partial charge on any atom is 0.157 e. The third-order valence-corrected chi connectivity index (χ3v) is 6.96. The number of aliphatic imine (C=N–C) groups is 1. The van der Waals surface area contributed by atoms with Gasteiger partial charge in [-0.1, -0.05) is 37.4 Å². The van der Waals surface area contributed by atoms with Crippen LogP contribution in [0.25, 0.3) is 0 Å². The lowest BCUT2D eigenvalue weighted by Gasteiger charge is -2.32. The van der Waals surface area contributed by atoms with Gasteiger partial charge in [-0.15, -0.1) is 0 Å². The molecule has 3 aliphatic rings. The molecule has 2 nitrogen and oxygen atoms in total. The average molecular weight is 284 g/mol. The summed E-state index contributed by atoms with van der Waals surface area (Å²) in [5.74, 6) is 2.60. The second-order valence-electron chi connectivity index (χ2n) is 5.89. The lowest BCUT2D eigenvalue weighted by molar-refractivity contribution is 0.303. The highest BCUT2D eigenvalue weighted by Crippen LogP contribution is 2.36. The van der Waals surface area contributed by atoms with Crippen molar-refractivity contribution in [2.45, 2.75) is 62.2 Å². The maximum atomic E-state index is 4.84. The Kier molecular flexibility index (Phi) is 4.45. The van der Waals surface area contributed by atoms with Crippen molar-refractivity contribution >= 4 is 28.7 Å². The van der Waals surface area contributed by atoms with E-state index in [-0.39, 0.29) is 0 Å². The van der Waals surface area contributed by atoms with Gasteiger partial charge in [0, 0.05) is 16.5 Å². The van der Waals surface area contributed by atoms with Crippen molar-refractivity contribution in [3.63, 3.8) is 0 Å². The molecule has 1 aliphatic carbocycles. The van der Waals surface area contributed by atoms with E-state index < -0.39 is 0 Å². The van der Waals surface area contributed by atoms with Gasteiger partial charge < -0.3 is 5.32 Å². The van der Waals surface area contributed by atoms with Gasteiger partial charge in [-0.3, -0.25) is 4.99 Å². The first-order valence-corrected chi connectivity index (χ1v) is 9.47. The molecule has 1 saturated carbocycles. The lowest BCUT2D eigenvalue weighted by atomic mass is 9.83. The van der Waals surface area contributed by atoms with Crippen molar-refractivity contribution in [3.05, 3.63) is 0 Å². The summed E-state index contributed by atoms with van der Waals surface area (Å²) in [7, 11) is 0. The highest BCUT2D eigenvalue weighted by molar-refractivity contribution is 8.14. The van der Waals surface area contributed by atoms with E-state index in [2.05, 4.69) is 17.1 Å². The first-order chi connectivity index (χ1) is 8.86. The van der Waals surface area contributed by atoms with Crippen LogP contribution in [0.2, 0.25) is 0 Å². The Morgan fingerprint density at radius 3 is 2.83 bits per heavy atom. The van der Waals surface area contributed by atoms with Crippen molar-refractivity contribution < 1.29 is 0 Å². The Balaban J connectivity index is 1.51. The van der Waals surface area contributed by atoms with E-state index in [1.807, 2.05) is 11.8 Å². The molecular formula is C14H24N2S2. The van der Waals surface area contributed by atoms with Gasteiger partial charge in [0.05, 0.1) is 6.54 Å². The summed E-state index contributed by atoms with van der Waals surface area (Å²) >= 11 is 4.10. The summed E-state index contributed by atoms with van der Waals surface area (Å²) in [4.78, 5) is 4.84. The van der Waals surface area contributed by atoms with Gasteiger partial charge in [0.15, 0.2) is 5.17 Å². The second-order valence-corrected chi connectivity index (χ2v) is 8.26. The summed E-state index contributed by atoms with van der Waals surface area (Å²) in [5, 5.41) is 5.78. The Morgan fingerprint density at radius 1 is 1.17 bits per heavy atom. The molecule has 0 bridgehead atoms. The molecule has 2 heterocycles. The van der Waals surface area contributed by atoms with E-state index in [9.17, 15) is 0 Å². The molecule has 1 N–H and O–H groups in total. The molecule has 1 atom stereocenters. The molecule has 0 aromatic heterocycles. The molecule has 1 spiro atoms. The van der Waals surface area contributed by atoms with Gasteiger partial charge in [0.25, 0.3) is 0 Å². The number of nitrogens with one attached hydrogen (secondary N) is 1. The van der Waals surface area contributed by atoms with Gasteiger partial charge >= 0.3 is 0 Å². The van der Waals surface area contributed by atoms with Crippen LogP contribution in [0.15, 0.2) is 4.99 Å².